The number of non-ortho nitro benzene ring substituents is 1. The van der Waals surface area contributed by atoms with Crippen molar-refractivity contribution >= 4 is 34.9 Å². The van der Waals surface area contributed by atoms with Crippen LogP contribution in [0.1, 0.15) is 15.2 Å². The van der Waals surface area contributed by atoms with E-state index in [9.17, 15) is 14.9 Å². The van der Waals surface area contributed by atoms with Gasteiger partial charge in [0.25, 0.3) is 5.69 Å². The van der Waals surface area contributed by atoms with E-state index in [4.69, 9.17) is 9.47 Å². The van der Waals surface area contributed by atoms with Gasteiger partial charge in [-0.1, -0.05) is 6.07 Å². The van der Waals surface area contributed by atoms with Crippen molar-refractivity contribution in [3.05, 3.63) is 80.5 Å². The van der Waals surface area contributed by atoms with Crippen molar-refractivity contribution < 1.29 is 19.2 Å². The average Bonchev–Trinajstić information content (AvgIpc) is 3.24. The van der Waals surface area contributed by atoms with E-state index in [0.717, 1.165) is 0 Å². The minimum absolute atomic E-state index is 0.00644. The Bertz CT molecular complexity index is 1000. The molecule has 0 atom stereocenters. The molecule has 3 rings (SSSR count). The maximum atomic E-state index is 12.1. The highest BCUT2D eigenvalue weighted by Crippen LogP contribution is 2.29. The lowest BCUT2D eigenvalue weighted by Crippen LogP contribution is -2.07. The van der Waals surface area contributed by atoms with Crippen LogP contribution >= 0.6 is 11.3 Å². The Kier molecular flexibility index (Phi) is 5.97. The number of ether oxygens (including phenoxy) is 2. The molecule has 9 heteroatoms. The van der Waals surface area contributed by atoms with E-state index in [1.807, 2.05) is 0 Å². The van der Waals surface area contributed by atoms with Crippen molar-refractivity contribution in [1.82, 2.24) is 0 Å². The van der Waals surface area contributed by atoms with Crippen LogP contribution in [0, 0.1) is 10.1 Å². The normalized spacial score (nSPS) is 10.6. The minimum atomic E-state index is -0.466. The van der Waals surface area contributed by atoms with Crippen LogP contribution in [0.25, 0.3) is 0 Å². The summed E-state index contributed by atoms with van der Waals surface area (Å²) in [6.07, 6.45) is 1.55. The van der Waals surface area contributed by atoms with Gasteiger partial charge in [-0.05, 0) is 47.3 Å². The van der Waals surface area contributed by atoms with Gasteiger partial charge in [-0.25, -0.2) is 4.79 Å². The molecule has 3 aromatic rings. The van der Waals surface area contributed by atoms with Gasteiger partial charge in [-0.2, -0.15) is 5.10 Å². The smallest absolute Gasteiger partial charge is 0.353 e. The molecule has 1 N–H and O–H groups in total. The Hall–Kier alpha value is -3.72. The van der Waals surface area contributed by atoms with Crippen LogP contribution in [0.3, 0.4) is 0 Å². The Balaban J connectivity index is 1.66. The lowest BCUT2D eigenvalue weighted by atomic mass is 10.2. The number of nitrogens with zero attached hydrogens (tertiary/aromatic N) is 2. The van der Waals surface area contributed by atoms with Gasteiger partial charge in [-0.3, -0.25) is 15.5 Å². The number of hydrogen-bond donors (Lipinski definition) is 1. The van der Waals surface area contributed by atoms with Crippen molar-refractivity contribution in [2.75, 3.05) is 12.5 Å². The molecule has 0 aliphatic rings. The van der Waals surface area contributed by atoms with Crippen LogP contribution in [-0.4, -0.2) is 24.2 Å². The molecular formula is C19H15N3O5S. The summed E-state index contributed by atoms with van der Waals surface area (Å²) in [5, 5.41) is 16.5. The van der Waals surface area contributed by atoms with Gasteiger partial charge in [0.1, 0.15) is 4.88 Å². The average molecular weight is 397 g/mol. The van der Waals surface area contributed by atoms with Crippen molar-refractivity contribution in [3.63, 3.8) is 0 Å². The second-order valence-corrected chi connectivity index (χ2v) is 6.40. The van der Waals surface area contributed by atoms with Gasteiger partial charge in [0, 0.05) is 12.1 Å². The van der Waals surface area contributed by atoms with Crippen molar-refractivity contribution in [3.8, 4) is 11.5 Å². The van der Waals surface area contributed by atoms with E-state index in [-0.39, 0.29) is 5.69 Å². The van der Waals surface area contributed by atoms with Crippen LogP contribution in [0.5, 0.6) is 11.5 Å². The summed E-state index contributed by atoms with van der Waals surface area (Å²) >= 11 is 1.30. The number of rotatable bonds is 7. The molecule has 0 radical (unpaired) electrons. The third-order valence-electron chi connectivity index (χ3n) is 3.60. The monoisotopic (exact) mass is 397 g/mol. The Morgan fingerprint density at radius 1 is 1.18 bits per heavy atom. The van der Waals surface area contributed by atoms with Gasteiger partial charge in [0.05, 0.1) is 23.9 Å². The molecule has 28 heavy (non-hydrogen) atoms. The fraction of sp³-hybridized carbons (Fsp3) is 0.0526. The molecule has 0 amide bonds. The summed E-state index contributed by atoms with van der Waals surface area (Å²) in [7, 11) is 1.48. The largest absolute Gasteiger partial charge is 0.493 e. The van der Waals surface area contributed by atoms with Gasteiger partial charge in [0.15, 0.2) is 11.5 Å². The summed E-state index contributed by atoms with van der Waals surface area (Å²) in [6, 6.07) is 14.4. The number of nitro groups is 1. The number of benzene rings is 2. The third-order valence-corrected chi connectivity index (χ3v) is 4.45. The van der Waals surface area contributed by atoms with Crippen molar-refractivity contribution in [2.24, 2.45) is 5.10 Å². The zero-order valence-corrected chi connectivity index (χ0v) is 15.5. The van der Waals surface area contributed by atoms with Crippen LogP contribution in [0.2, 0.25) is 0 Å². The topological polar surface area (TPSA) is 103 Å². The van der Waals surface area contributed by atoms with E-state index in [2.05, 4.69) is 10.5 Å². The number of anilines is 1. The number of esters is 1. The Labute approximate surface area is 164 Å². The first-order valence-corrected chi connectivity index (χ1v) is 8.92. The molecule has 0 unspecified atom stereocenters. The quantitative estimate of drug-likeness (QED) is 0.209. The molecule has 0 saturated heterocycles. The Morgan fingerprint density at radius 3 is 2.61 bits per heavy atom. The molecule has 1 heterocycles. The van der Waals surface area contributed by atoms with E-state index in [1.54, 1.807) is 54.1 Å². The van der Waals surface area contributed by atoms with Gasteiger partial charge < -0.3 is 9.47 Å². The number of nitro benzene ring substituents is 1. The highest BCUT2D eigenvalue weighted by molar-refractivity contribution is 7.12. The predicted molar refractivity (Wildman–Crippen MR) is 107 cm³/mol. The highest BCUT2D eigenvalue weighted by Gasteiger charge is 2.13. The SMILES string of the molecule is COc1cc(C=NNc2ccc([N+](=O)[O-])cc2)ccc1OC(=O)c1cccs1. The van der Waals surface area contributed by atoms with Gasteiger partial charge in [-0.15, -0.1) is 11.3 Å². The first-order valence-electron chi connectivity index (χ1n) is 8.04. The number of methoxy groups -OCH3 is 1. The van der Waals surface area contributed by atoms with Crippen molar-refractivity contribution in [1.29, 1.82) is 0 Å². The number of hydrazone groups is 1. The first kappa shape index (κ1) is 19.1. The zero-order chi connectivity index (χ0) is 19.9. The summed E-state index contributed by atoms with van der Waals surface area (Å²) in [4.78, 5) is 22.8. The van der Waals surface area contributed by atoms with Crippen LogP contribution in [0.4, 0.5) is 11.4 Å². The molecule has 142 valence electrons. The number of carbonyl (C=O) groups is 1. The maximum absolute atomic E-state index is 12.1. The van der Waals surface area contributed by atoms with E-state index >= 15 is 0 Å². The minimum Gasteiger partial charge on any atom is -0.493 e. The van der Waals surface area contributed by atoms with Crippen LogP contribution in [-0.2, 0) is 0 Å². The molecule has 2 aromatic carbocycles. The molecule has 8 nitrogen and oxygen atoms in total. The highest BCUT2D eigenvalue weighted by atomic mass is 32.1. The molecular weight excluding hydrogens is 382 g/mol. The van der Waals surface area contributed by atoms with Crippen molar-refractivity contribution in [2.45, 2.75) is 0 Å². The molecule has 0 spiro atoms. The zero-order valence-electron chi connectivity index (χ0n) is 14.7. The summed E-state index contributed by atoms with van der Waals surface area (Å²) in [6.45, 7) is 0. The molecule has 0 fully saturated rings. The van der Waals surface area contributed by atoms with Gasteiger partial charge >= 0.3 is 5.97 Å². The Morgan fingerprint density at radius 2 is 1.96 bits per heavy atom. The molecule has 0 saturated carbocycles. The second kappa shape index (κ2) is 8.78. The molecule has 0 aliphatic heterocycles. The first-order chi connectivity index (χ1) is 13.6. The number of nitrogens with one attached hydrogen (secondary N) is 1. The number of carbonyl (C=O) groups excluding carboxylic acids is 1. The third kappa shape index (κ3) is 4.71. The molecule has 0 bridgehead atoms. The maximum Gasteiger partial charge on any atom is 0.353 e. The van der Waals surface area contributed by atoms with Gasteiger partial charge in [0.2, 0.25) is 0 Å². The van der Waals surface area contributed by atoms with Crippen LogP contribution < -0.4 is 14.9 Å². The summed E-state index contributed by atoms with van der Waals surface area (Å²) in [5.41, 5.74) is 4.11. The van der Waals surface area contributed by atoms with Crippen LogP contribution in [0.15, 0.2) is 65.1 Å². The predicted octanol–water partition coefficient (Wildman–Crippen LogP) is 4.33. The van der Waals surface area contributed by atoms with E-state index in [1.165, 1.54) is 30.6 Å². The lowest BCUT2D eigenvalue weighted by Gasteiger charge is -2.09. The fourth-order valence-corrected chi connectivity index (χ4v) is 2.83. The van der Waals surface area contributed by atoms with E-state index in [0.29, 0.717) is 27.6 Å². The summed E-state index contributed by atoms with van der Waals surface area (Å²) < 4.78 is 10.7. The lowest BCUT2D eigenvalue weighted by molar-refractivity contribution is -0.384. The fourth-order valence-electron chi connectivity index (χ4n) is 2.23. The number of thiophene rings is 1. The molecule has 0 aliphatic carbocycles. The van der Waals surface area contributed by atoms with E-state index < -0.39 is 10.9 Å². The second-order valence-electron chi connectivity index (χ2n) is 5.45. The summed E-state index contributed by atoms with van der Waals surface area (Å²) in [5.74, 6) is 0.250. The number of hydrogen-bond acceptors (Lipinski definition) is 8. The molecule has 1 aromatic heterocycles. The standard InChI is InChI=1S/C19H15N3O5S/c1-26-17-11-13(4-9-16(17)27-19(23)18-3-2-10-28-18)12-20-21-14-5-7-15(8-6-14)22(24)25/h2-12,21H,1H3.